The van der Waals surface area contributed by atoms with Crippen molar-refractivity contribution in [1.29, 1.82) is 0 Å². The molecule has 0 atom stereocenters. The molecule has 5 nitrogen and oxygen atoms in total. The maximum Gasteiger partial charge on any atom is 0.404 e. The number of pyridine rings is 1. The van der Waals surface area contributed by atoms with E-state index < -0.39 is 6.09 Å². The highest BCUT2D eigenvalue weighted by molar-refractivity contribution is 5.64. The SMILES string of the molecule is O=C(O)NC1CCN(Cc2ccccn2)CC1. The molecule has 0 radical (unpaired) electrons. The number of carboxylic acid groups (broad SMARTS) is 1. The number of nitrogens with one attached hydrogen (secondary N) is 1. The molecule has 1 aliphatic heterocycles. The molecule has 1 aromatic rings. The number of hydrogen-bond acceptors (Lipinski definition) is 3. The molecule has 1 aromatic heterocycles. The van der Waals surface area contributed by atoms with Crippen LogP contribution in [-0.4, -0.2) is 40.2 Å². The molecule has 2 N–H and O–H groups in total. The predicted molar refractivity (Wildman–Crippen MR) is 63.7 cm³/mol. The van der Waals surface area contributed by atoms with Crippen molar-refractivity contribution in [3.8, 4) is 0 Å². The summed E-state index contributed by atoms with van der Waals surface area (Å²) in [5.41, 5.74) is 1.07. The number of aromatic nitrogens is 1. The molecule has 1 fully saturated rings. The van der Waals surface area contributed by atoms with Gasteiger partial charge in [0.2, 0.25) is 0 Å². The second-order valence-electron chi connectivity index (χ2n) is 4.32. The molecule has 1 saturated heterocycles. The van der Waals surface area contributed by atoms with Crippen LogP contribution in [0.4, 0.5) is 4.79 Å². The number of hydrogen-bond donors (Lipinski definition) is 2. The third kappa shape index (κ3) is 3.71. The fourth-order valence-corrected chi connectivity index (χ4v) is 2.13. The lowest BCUT2D eigenvalue weighted by Gasteiger charge is -2.31. The zero-order valence-electron chi connectivity index (χ0n) is 9.67. The molecule has 92 valence electrons. The number of amides is 1. The first kappa shape index (κ1) is 11.9. The average molecular weight is 235 g/mol. The second kappa shape index (κ2) is 5.63. The quantitative estimate of drug-likeness (QED) is 0.829. The average Bonchev–Trinajstić information content (AvgIpc) is 2.32. The van der Waals surface area contributed by atoms with Crippen molar-refractivity contribution in [1.82, 2.24) is 15.2 Å². The molecule has 0 bridgehead atoms. The normalized spacial score (nSPS) is 17.9. The van der Waals surface area contributed by atoms with Crippen molar-refractivity contribution in [2.24, 2.45) is 0 Å². The van der Waals surface area contributed by atoms with E-state index in [1.807, 2.05) is 18.2 Å². The third-order valence-corrected chi connectivity index (χ3v) is 3.03. The van der Waals surface area contributed by atoms with Crippen molar-refractivity contribution in [3.05, 3.63) is 30.1 Å². The van der Waals surface area contributed by atoms with Crippen LogP contribution >= 0.6 is 0 Å². The van der Waals surface area contributed by atoms with Crippen LogP contribution in [0, 0.1) is 0 Å². The first-order valence-electron chi connectivity index (χ1n) is 5.86. The van der Waals surface area contributed by atoms with E-state index in [9.17, 15) is 4.79 Å². The lowest BCUT2D eigenvalue weighted by molar-refractivity contribution is 0.164. The van der Waals surface area contributed by atoms with Crippen LogP contribution in [0.1, 0.15) is 18.5 Å². The predicted octanol–water partition coefficient (Wildman–Crippen LogP) is 1.31. The van der Waals surface area contributed by atoms with E-state index in [0.29, 0.717) is 0 Å². The van der Waals surface area contributed by atoms with Crippen LogP contribution in [0.2, 0.25) is 0 Å². The summed E-state index contributed by atoms with van der Waals surface area (Å²) in [5, 5.41) is 11.2. The molecule has 2 heterocycles. The summed E-state index contributed by atoms with van der Waals surface area (Å²) in [6.07, 6.45) is 2.62. The van der Waals surface area contributed by atoms with Crippen molar-refractivity contribution in [3.63, 3.8) is 0 Å². The second-order valence-corrected chi connectivity index (χ2v) is 4.32. The molecule has 0 saturated carbocycles. The summed E-state index contributed by atoms with van der Waals surface area (Å²) in [6, 6.07) is 6.02. The molecule has 5 heteroatoms. The van der Waals surface area contributed by atoms with Crippen molar-refractivity contribution >= 4 is 6.09 Å². The molecule has 0 spiro atoms. The van der Waals surface area contributed by atoms with Gasteiger partial charge in [-0.3, -0.25) is 9.88 Å². The van der Waals surface area contributed by atoms with E-state index in [4.69, 9.17) is 5.11 Å². The Bertz CT molecular complexity index is 361. The Labute approximate surface area is 100 Å². The Morgan fingerprint density at radius 3 is 2.82 bits per heavy atom. The van der Waals surface area contributed by atoms with Gasteiger partial charge in [-0.15, -0.1) is 0 Å². The summed E-state index contributed by atoms with van der Waals surface area (Å²) < 4.78 is 0. The molecule has 2 rings (SSSR count). The number of nitrogens with zero attached hydrogens (tertiary/aromatic N) is 2. The highest BCUT2D eigenvalue weighted by Gasteiger charge is 2.20. The maximum absolute atomic E-state index is 10.5. The summed E-state index contributed by atoms with van der Waals surface area (Å²) in [7, 11) is 0. The van der Waals surface area contributed by atoms with Gasteiger partial charge in [0, 0.05) is 31.9 Å². The van der Waals surface area contributed by atoms with Crippen LogP contribution in [-0.2, 0) is 6.54 Å². The van der Waals surface area contributed by atoms with E-state index in [1.54, 1.807) is 6.20 Å². The molecular formula is C12H17N3O2. The van der Waals surface area contributed by atoms with Gasteiger partial charge in [-0.2, -0.15) is 0 Å². The van der Waals surface area contributed by atoms with Gasteiger partial charge < -0.3 is 10.4 Å². The van der Waals surface area contributed by atoms with Crippen molar-refractivity contribution in [2.75, 3.05) is 13.1 Å². The summed E-state index contributed by atoms with van der Waals surface area (Å²) in [6.45, 7) is 2.68. The Hall–Kier alpha value is -1.62. The van der Waals surface area contributed by atoms with Gasteiger partial charge in [-0.1, -0.05) is 6.07 Å². The van der Waals surface area contributed by atoms with Gasteiger partial charge in [-0.25, -0.2) is 4.79 Å². The highest BCUT2D eigenvalue weighted by atomic mass is 16.4. The van der Waals surface area contributed by atoms with Crippen LogP contribution in [0.3, 0.4) is 0 Å². The molecule has 0 unspecified atom stereocenters. The number of likely N-dealkylation sites (tertiary alicyclic amines) is 1. The van der Waals surface area contributed by atoms with Crippen LogP contribution in [0.15, 0.2) is 24.4 Å². The minimum atomic E-state index is -0.923. The minimum absolute atomic E-state index is 0.104. The van der Waals surface area contributed by atoms with Crippen molar-refractivity contribution < 1.29 is 9.90 Å². The molecule has 1 amide bonds. The first-order valence-corrected chi connectivity index (χ1v) is 5.86. The lowest BCUT2D eigenvalue weighted by atomic mass is 10.1. The number of piperidine rings is 1. The Morgan fingerprint density at radius 2 is 2.24 bits per heavy atom. The molecule has 1 aliphatic rings. The van der Waals surface area contributed by atoms with Gasteiger partial charge in [0.1, 0.15) is 0 Å². The molecular weight excluding hydrogens is 218 g/mol. The Morgan fingerprint density at radius 1 is 1.47 bits per heavy atom. The van der Waals surface area contributed by atoms with E-state index in [2.05, 4.69) is 15.2 Å². The molecule has 0 aromatic carbocycles. The van der Waals surface area contributed by atoms with Crippen LogP contribution in [0.5, 0.6) is 0 Å². The van der Waals surface area contributed by atoms with E-state index >= 15 is 0 Å². The Balaban J connectivity index is 1.78. The fourth-order valence-electron chi connectivity index (χ4n) is 2.13. The summed E-state index contributed by atoms with van der Waals surface area (Å²) in [5.74, 6) is 0. The summed E-state index contributed by atoms with van der Waals surface area (Å²) >= 11 is 0. The van der Waals surface area contributed by atoms with Crippen molar-refractivity contribution in [2.45, 2.75) is 25.4 Å². The smallest absolute Gasteiger partial charge is 0.404 e. The topological polar surface area (TPSA) is 65.5 Å². The van der Waals surface area contributed by atoms with Gasteiger partial charge in [0.15, 0.2) is 0 Å². The van der Waals surface area contributed by atoms with E-state index in [1.165, 1.54) is 0 Å². The molecule has 17 heavy (non-hydrogen) atoms. The minimum Gasteiger partial charge on any atom is -0.465 e. The summed E-state index contributed by atoms with van der Waals surface area (Å²) in [4.78, 5) is 17.1. The number of rotatable bonds is 3. The lowest BCUT2D eigenvalue weighted by Crippen LogP contribution is -2.43. The highest BCUT2D eigenvalue weighted by Crippen LogP contribution is 2.12. The molecule has 0 aliphatic carbocycles. The van der Waals surface area contributed by atoms with Crippen LogP contribution < -0.4 is 5.32 Å². The largest absolute Gasteiger partial charge is 0.465 e. The zero-order chi connectivity index (χ0) is 12.1. The van der Waals surface area contributed by atoms with Gasteiger partial charge in [-0.05, 0) is 25.0 Å². The fraction of sp³-hybridized carbons (Fsp3) is 0.500. The maximum atomic E-state index is 10.5. The van der Waals surface area contributed by atoms with E-state index in [0.717, 1.165) is 38.2 Å². The van der Waals surface area contributed by atoms with Gasteiger partial charge in [0.05, 0.1) is 5.69 Å². The monoisotopic (exact) mass is 235 g/mol. The van der Waals surface area contributed by atoms with Gasteiger partial charge in [0.25, 0.3) is 0 Å². The van der Waals surface area contributed by atoms with Crippen LogP contribution in [0.25, 0.3) is 0 Å². The van der Waals surface area contributed by atoms with Gasteiger partial charge >= 0.3 is 6.09 Å². The van der Waals surface area contributed by atoms with E-state index in [-0.39, 0.29) is 6.04 Å². The Kier molecular flexibility index (Phi) is 3.93. The first-order chi connectivity index (χ1) is 8.24. The number of carbonyl (C=O) groups is 1. The zero-order valence-corrected chi connectivity index (χ0v) is 9.67. The third-order valence-electron chi connectivity index (χ3n) is 3.03. The standard InChI is InChI=1S/C12H17N3O2/c16-12(17)14-10-4-7-15(8-5-10)9-11-3-1-2-6-13-11/h1-3,6,10,14H,4-5,7-9H2,(H,16,17).